The molecule has 0 spiro atoms. The first kappa shape index (κ1) is 60.4. The average Bonchev–Trinajstić information content (AvgIpc) is 3.11. The van der Waals surface area contributed by atoms with Gasteiger partial charge in [0.15, 0.2) is 0 Å². The van der Waals surface area contributed by atoms with E-state index < -0.39 is 44.0 Å². The van der Waals surface area contributed by atoms with Crippen LogP contribution in [0.1, 0.15) is 80.6 Å². The predicted octanol–water partition coefficient (Wildman–Crippen LogP) is 5.76. The Balaban J connectivity index is 8.19. The summed E-state index contributed by atoms with van der Waals surface area (Å²) in [5.41, 5.74) is 0. The van der Waals surface area contributed by atoms with Crippen molar-refractivity contribution in [1.82, 2.24) is 24.5 Å². The van der Waals surface area contributed by atoms with E-state index in [1.165, 1.54) is 0 Å². The summed E-state index contributed by atoms with van der Waals surface area (Å²) in [5.74, 6) is 0. The van der Waals surface area contributed by atoms with Crippen LogP contribution < -0.4 is 0 Å². The Labute approximate surface area is 374 Å². The fourth-order valence-corrected chi connectivity index (χ4v) is 28.9. The second kappa shape index (κ2) is 33.0. The van der Waals surface area contributed by atoms with Crippen molar-refractivity contribution in [3.8, 4) is 0 Å². The maximum atomic E-state index is 7.73. The molecule has 0 saturated carbocycles. The van der Waals surface area contributed by atoms with Crippen molar-refractivity contribution in [3.63, 3.8) is 0 Å². The fourth-order valence-electron chi connectivity index (χ4n) is 6.90. The molecule has 0 aromatic carbocycles. The topological polar surface area (TPSA) is 118 Å². The number of hydrogen-bond donors (Lipinski definition) is 0. The zero-order valence-electron chi connectivity index (χ0n) is 41.8. The zero-order chi connectivity index (χ0) is 45.7. The first-order chi connectivity index (χ1) is 28.3. The monoisotopic (exact) mass is 950 g/mol. The number of hydrogen-bond acceptors (Lipinski definition) is 16. The van der Waals surface area contributed by atoms with E-state index in [2.05, 4.69) is 95.0 Å². The van der Waals surface area contributed by atoms with Crippen molar-refractivity contribution in [3.05, 3.63) is 0 Å². The molecule has 0 bridgehead atoms. The fraction of sp³-hybridized carbons (Fsp3) is 1.00. The van der Waals surface area contributed by atoms with Crippen LogP contribution in [0.4, 0.5) is 0 Å². The minimum atomic E-state index is -3.88. The molecule has 0 heterocycles. The summed E-state index contributed by atoms with van der Waals surface area (Å²) in [6.07, 6.45) is 3.93. The van der Waals surface area contributed by atoms with Crippen LogP contribution in [0.15, 0.2) is 0 Å². The summed E-state index contributed by atoms with van der Waals surface area (Å²) in [4.78, 5) is 10.9. The molecule has 362 valence electrons. The highest BCUT2D eigenvalue weighted by Crippen LogP contribution is 2.38. The summed E-state index contributed by atoms with van der Waals surface area (Å²) >= 11 is 0. The summed E-state index contributed by atoms with van der Waals surface area (Å²) < 4.78 is 77.9. The molecule has 0 aliphatic carbocycles. The summed E-state index contributed by atoms with van der Waals surface area (Å²) in [6.45, 7) is 20.9. The van der Waals surface area contributed by atoms with Gasteiger partial charge in [-0.15, -0.1) is 0 Å². The van der Waals surface area contributed by atoms with E-state index in [1.807, 2.05) is 48.5 Å². The molecule has 0 fully saturated rings. The van der Waals surface area contributed by atoms with Crippen molar-refractivity contribution in [2.24, 2.45) is 0 Å². The van der Waals surface area contributed by atoms with Gasteiger partial charge in [-0.05, 0) is 184 Å². The van der Waals surface area contributed by atoms with Gasteiger partial charge in [-0.1, -0.05) is 0 Å². The molecule has 0 N–H and O–H groups in total. The molecule has 0 radical (unpaired) electrons. The van der Waals surface area contributed by atoms with E-state index in [0.29, 0.717) is 76.5 Å². The SMILES string of the molecule is CCO[Si](CCCN(C)C)(OCC)O[Si](CCCN(C)C)(OCC)O[Si](CCCN(C)C)(OCC)O[Si](CCCN(C)C)(OCC)O[Si](CCCN(C)C)(OCC)OCC. The first-order valence-electron chi connectivity index (χ1n) is 22.9. The Morgan fingerprint density at radius 2 is 0.400 bits per heavy atom. The highest BCUT2D eigenvalue weighted by molar-refractivity contribution is 6.85. The maximum absolute atomic E-state index is 7.73. The summed E-state index contributed by atoms with van der Waals surface area (Å²) in [5, 5.41) is 0. The molecule has 0 saturated heterocycles. The number of rotatable bonds is 42. The van der Waals surface area contributed by atoms with E-state index >= 15 is 0 Å². The van der Waals surface area contributed by atoms with Crippen LogP contribution >= 0.6 is 0 Å². The summed E-state index contributed by atoms with van der Waals surface area (Å²) in [6, 6.07) is 2.77. The number of nitrogens with zero attached hydrogens (tertiary/aromatic N) is 5. The molecule has 0 aromatic heterocycles. The third kappa shape index (κ3) is 25.2. The van der Waals surface area contributed by atoms with Crippen LogP contribution in [0.3, 0.4) is 0 Å². The van der Waals surface area contributed by atoms with Gasteiger partial charge in [0.25, 0.3) is 0 Å². The predicted molar refractivity (Wildman–Crippen MR) is 254 cm³/mol. The largest absolute Gasteiger partial charge is 0.493 e. The Morgan fingerprint density at radius 1 is 0.250 bits per heavy atom. The molecule has 0 aliphatic rings. The van der Waals surface area contributed by atoms with Gasteiger partial charge in [0, 0.05) is 76.5 Å². The van der Waals surface area contributed by atoms with Crippen LogP contribution in [0.25, 0.3) is 0 Å². The molecule has 0 rings (SSSR count). The molecule has 2 unspecified atom stereocenters. The minimum Gasteiger partial charge on any atom is -0.375 e. The third-order valence-electron chi connectivity index (χ3n) is 9.24. The van der Waals surface area contributed by atoms with Gasteiger partial charge < -0.3 is 71.9 Å². The minimum absolute atomic E-state index is 0.349. The van der Waals surface area contributed by atoms with Crippen LogP contribution in [0.5, 0.6) is 0 Å². The molecule has 16 nitrogen and oxygen atoms in total. The molecule has 60 heavy (non-hydrogen) atoms. The Kier molecular flexibility index (Phi) is 33.2. The van der Waals surface area contributed by atoms with Gasteiger partial charge in [-0.25, -0.2) is 0 Å². The lowest BCUT2D eigenvalue weighted by molar-refractivity contribution is 0.0303. The van der Waals surface area contributed by atoms with Gasteiger partial charge >= 0.3 is 44.0 Å². The Hall–Kier alpha value is 0.444. The molecule has 2 atom stereocenters. The van der Waals surface area contributed by atoms with Crippen LogP contribution in [-0.4, -0.2) is 218 Å². The second-order valence-electron chi connectivity index (χ2n) is 16.4. The van der Waals surface area contributed by atoms with E-state index in [9.17, 15) is 0 Å². The van der Waals surface area contributed by atoms with Crippen molar-refractivity contribution < 1.29 is 47.4 Å². The van der Waals surface area contributed by atoms with Gasteiger partial charge in [0.2, 0.25) is 0 Å². The maximum Gasteiger partial charge on any atom is 0.493 e. The van der Waals surface area contributed by atoms with E-state index in [-0.39, 0.29) is 0 Å². The smallest absolute Gasteiger partial charge is 0.375 e. The van der Waals surface area contributed by atoms with Gasteiger partial charge in [-0.3, -0.25) is 0 Å². The second-order valence-corrected chi connectivity index (χ2v) is 31.0. The normalized spacial score (nSPS) is 16.1. The van der Waals surface area contributed by atoms with Crippen molar-refractivity contribution >= 4 is 44.0 Å². The lowest BCUT2D eigenvalue weighted by Crippen LogP contribution is -2.69. The molecule has 0 aliphatic heterocycles. The molecular formula is C39H95N5O11Si5. The highest BCUT2D eigenvalue weighted by Gasteiger charge is 2.64. The van der Waals surface area contributed by atoms with Gasteiger partial charge in [-0.2, -0.15) is 0 Å². The Bertz CT molecular complexity index is 974. The third-order valence-corrected chi connectivity index (χ3v) is 29.1. The standard InChI is InChI=1S/C39H95N5O11Si5/c1-18-45-56(46-19-2,35-25-30-40(8)9)52-58(49-22-5,37-27-32-42(12)13)54-60(51-24-7,39-29-34-44(16)17)55-59(50-23-6,38-28-33-43(14)15)53-57(47-20-3,48-21-4)36-26-31-41(10)11/h18-39H2,1-17H3. The average molecular weight is 951 g/mol. The van der Waals surface area contributed by atoms with Gasteiger partial charge in [0.1, 0.15) is 0 Å². The molecular weight excluding hydrogens is 855 g/mol. The van der Waals surface area contributed by atoms with Crippen LogP contribution in [0.2, 0.25) is 30.2 Å². The van der Waals surface area contributed by atoms with Crippen LogP contribution in [-0.2, 0) is 47.4 Å². The van der Waals surface area contributed by atoms with Crippen molar-refractivity contribution in [2.75, 3.05) is 149 Å². The van der Waals surface area contributed by atoms with E-state index in [4.69, 9.17) is 47.4 Å². The lowest BCUT2D eigenvalue weighted by Gasteiger charge is -2.46. The van der Waals surface area contributed by atoms with Crippen molar-refractivity contribution in [1.29, 1.82) is 0 Å². The Morgan fingerprint density at radius 3 is 0.567 bits per heavy atom. The lowest BCUT2D eigenvalue weighted by atomic mass is 10.5. The van der Waals surface area contributed by atoms with E-state index in [1.54, 1.807) is 0 Å². The summed E-state index contributed by atoms with van der Waals surface area (Å²) in [7, 11) is 2.56. The molecule has 0 amide bonds. The zero-order valence-corrected chi connectivity index (χ0v) is 46.8. The van der Waals surface area contributed by atoms with Gasteiger partial charge in [0.05, 0.1) is 0 Å². The van der Waals surface area contributed by atoms with E-state index in [0.717, 1.165) is 64.8 Å². The first-order valence-corrected chi connectivity index (χ1v) is 32.5. The molecule has 0 aromatic rings. The quantitative estimate of drug-likeness (QED) is 0.0690. The van der Waals surface area contributed by atoms with Crippen LogP contribution in [0, 0.1) is 0 Å². The van der Waals surface area contributed by atoms with Crippen molar-refractivity contribution in [2.45, 2.75) is 111 Å². The molecule has 21 heteroatoms. The highest BCUT2D eigenvalue weighted by atomic mass is 28.5.